The lowest BCUT2D eigenvalue weighted by Crippen LogP contribution is -2.48. The van der Waals surface area contributed by atoms with Crippen LogP contribution in [0.5, 0.6) is 5.75 Å². The van der Waals surface area contributed by atoms with Crippen LogP contribution in [-0.2, 0) is 30.5 Å². The van der Waals surface area contributed by atoms with Gasteiger partial charge < -0.3 is 30.2 Å². The van der Waals surface area contributed by atoms with E-state index in [4.69, 9.17) is 14.2 Å². The fraction of sp³-hybridized carbons (Fsp3) is 0.316. The number of aryl methyl sites for hydroxylation is 2. The van der Waals surface area contributed by atoms with E-state index in [9.17, 15) is 18.0 Å². The van der Waals surface area contributed by atoms with Gasteiger partial charge in [0.1, 0.15) is 24.5 Å². The molecule has 1 saturated heterocycles. The van der Waals surface area contributed by atoms with E-state index in [1.807, 2.05) is 91.9 Å². The quantitative estimate of drug-likeness (QED) is 0.174. The van der Waals surface area contributed by atoms with Crippen LogP contribution in [0, 0.1) is 6.92 Å². The Bertz CT molecular complexity index is 1780. The van der Waals surface area contributed by atoms with E-state index in [2.05, 4.69) is 16.0 Å². The molecule has 11 heteroatoms. The molecule has 2 amide bonds. The van der Waals surface area contributed by atoms with Crippen molar-refractivity contribution in [2.45, 2.75) is 48.8 Å². The first-order valence-corrected chi connectivity index (χ1v) is 18.1. The molecule has 1 fully saturated rings. The highest BCUT2D eigenvalue weighted by Crippen LogP contribution is 2.30. The van der Waals surface area contributed by atoms with Crippen LogP contribution in [0.15, 0.2) is 108 Å². The number of amides is 2. The predicted octanol–water partition coefficient (Wildman–Crippen LogP) is 5.26. The largest absolute Gasteiger partial charge is 0.491 e. The van der Waals surface area contributed by atoms with E-state index >= 15 is 0 Å². The topological polar surface area (TPSA) is 132 Å². The van der Waals surface area contributed by atoms with Gasteiger partial charge in [-0.1, -0.05) is 78.9 Å². The Morgan fingerprint density at radius 2 is 1.53 bits per heavy atom. The van der Waals surface area contributed by atoms with Gasteiger partial charge >= 0.3 is 6.09 Å². The zero-order valence-corrected chi connectivity index (χ0v) is 28.7. The van der Waals surface area contributed by atoms with Crippen molar-refractivity contribution in [3.8, 4) is 5.75 Å². The number of carbonyl (C=O) groups excluding carboxylic acids is 2. The van der Waals surface area contributed by atoms with Crippen molar-refractivity contribution in [2.75, 3.05) is 38.4 Å². The highest BCUT2D eigenvalue weighted by atomic mass is 32.2. The van der Waals surface area contributed by atoms with Crippen LogP contribution < -0.4 is 20.7 Å². The third kappa shape index (κ3) is 9.69. The van der Waals surface area contributed by atoms with Crippen LogP contribution >= 0.6 is 0 Å². The van der Waals surface area contributed by atoms with Gasteiger partial charge in [-0.15, -0.1) is 0 Å². The van der Waals surface area contributed by atoms with Crippen molar-refractivity contribution in [1.29, 1.82) is 0 Å². The number of carbonyl (C=O) groups is 2. The number of rotatable bonds is 13. The minimum Gasteiger partial charge on any atom is -0.491 e. The van der Waals surface area contributed by atoms with Gasteiger partial charge in [0.2, 0.25) is 5.91 Å². The standard InChI is InChI=1S/C38H43N3O7S/c1-26-22-32(49(3,44)45)20-21-34(26)47-25-31-24-39-23-30(48-31)19-18-27-12-10-11-17-33(27)40-37(42)36(41-38(43)46-2)35(28-13-6-4-7-14-28)29-15-8-5-9-16-29/h4-17,20-22,30-31,35-36,39H,18-19,23-25H2,1-3H3,(H,40,42)(H,41,43)/t30-,31+,36?/m1/s1. The van der Waals surface area contributed by atoms with Gasteiger partial charge in [-0.2, -0.15) is 0 Å². The van der Waals surface area contributed by atoms with E-state index in [0.717, 1.165) is 22.3 Å². The van der Waals surface area contributed by atoms with Crippen molar-refractivity contribution in [3.63, 3.8) is 0 Å². The molecular formula is C38H43N3O7S. The van der Waals surface area contributed by atoms with E-state index in [1.165, 1.54) is 13.4 Å². The van der Waals surface area contributed by atoms with E-state index in [1.54, 1.807) is 18.2 Å². The fourth-order valence-electron chi connectivity index (χ4n) is 6.01. The van der Waals surface area contributed by atoms with E-state index in [-0.39, 0.29) is 23.0 Å². The zero-order valence-electron chi connectivity index (χ0n) is 27.9. The lowest BCUT2D eigenvalue weighted by molar-refractivity contribution is -0.118. The van der Waals surface area contributed by atoms with Gasteiger partial charge in [-0.05, 0) is 66.3 Å². The van der Waals surface area contributed by atoms with E-state index in [0.29, 0.717) is 44.0 Å². The Kier molecular flexibility index (Phi) is 12.1. The van der Waals surface area contributed by atoms with E-state index < -0.39 is 27.9 Å². The molecule has 4 aromatic carbocycles. The second-order valence-corrected chi connectivity index (χ2v) is 14.2. The van der Waals surface area contributed by atoms with Crippen molar-refractivity contribution in [1.82, 2.24) is 10.6 Å². The maximum atomic E-state index is 14.1. The summed E-state index contributed by atoms with van der Waals surface area (Å²) in [5.74, 6) is -0.233. The Labute approximate surface area is 288 Å². The minimum absolute atomic E-state index is 0.0888. The molecule has 3 N–H and O–H groups in total. The smallest absolute Gasteiger partial charge is 0.407 e. The van der Waals surface area contributed by atoms with Crippen LogP contribution in [0.2, 0.25) is 0 Å². The lowest BCUT2D eigenvalue weighted by atomic mass is 9.84. The summed E-state index contributed by atoms with van der Waals surface area (Å²) in [6.45, 7) is 3.43. The number of morpholine rings is 1. The summed E-state index contributed by atoms with van der Waals surface area (Å²) >= 11 is 0. The molecule has 0 bridgehead atoms. The van der Waals surface area contributed by atoms with Crippen molar-refractivity contribution >= 4 is 27.5 Å². The average Bonchev–Trinajstić information content (AvgIpc) is 3.11. The third-order valence-corrected chi connectivity index (χ3v) is 9.64. The highest BCUT2D eigenvalue weighted by molar-refractivity contribution is 7.90. The van der Waals surface area contributed by atoms with Gasteiger partial charge in [0.25, 0.3) is 0 Å². The molecule has 0 radical (unpaired) electrons. The Hall–Kier alpha value is -4.71. The number of ether oxygens (including phenoxy) is 3. The number of methoxy groups -OCH3 is 1. The summed E-state index contributed by atoms with van der Waals surface area (Å²) in [6.07, 6.45) is 1.53. The minimum atomic E-state index is -3.30. The molecule has 1 aliphatic heterocycles. The predicted molar refractivity (Wildman–Crippen MR) is 189 cm³/mol. The summed E-state index contributed by atoms with van der Waals surface area (Å²) in [7, 11) is -2.02. The van der Waals surface area contributed by atoms with Crippen LogP contribution in [0.1, 0.15) is 34.6 Å². The number of anilines is 1. The van der Waals surface area contributed by atoms with Crippen molar-refractivity contribution in [3.05, 3.63) is 125 Å². The molecule has 258 valence electrons. The molecule has 0 aromatic heterocycles. The van der Waals surface area contributed by atoms with Crippen LogP contribution in [0.3, 0.4) is 0 Å². The molecule has 1 unspecified atom stereocenters. The summed E-state index contributed by atoms with van der Waals surface area (Å²) in [4.78, 5) is 26.9. The molecule has 0 saturated carbocycles. The van der Waals surface area contributed by atoms with Crippen LogP contribution in [-0.4, -0.2) is 71.7 Å². The Morgan fingerprint density at radius 3 is 2.16 bits per heavy atom. The number of nitrogens with one attached hydrogen (secondary N) is 3. The van der Waals surface area contributed by atoms with Crippen molar-refractivity contribution in [2.24, 2.45) is 0 Å². The lowest BCUT2D eigenvalue weighted by Gasteiger charge is -2.31. The average molecular weight is 686 g/mol. The first-order valence-electron chi connectivity index (χ1n) is 16.2. The number of sulfone groups is 1. The number of para-hydroxylation sites is 1. The first kappa shape index (κ1) is 35.6. The second-order valence-electron chi connectivity index (χ2n) is 12.1. The molecule has 3 atom stereocenters. The number of hydrogen-bond donors (Lipinski definition) is 3. The molecular weight excluding hydrogens is 642 g/mol. The summed E-state index contributed by atoms with van der Waals surface area (Å²) in [5.41, 5.74) is 4.08. The summed E-state index contributed by atoms with van der Waals surface area (Å²) in [5, 5.41) is 9.30. The van der Waals surface area contributed by atoms with Crippen LogP contribution in [0.4, 0.5) is 10.5 Å². The van der Waals surface area contributed by atoms with Gasteiger partial charge in [-0.25, -0.2) is 13.2 Å². The third-order valence-electron chi connectivity index (χ3n) is 8.53. The van der Waals surface area contributed by atoms with Gasteiger partial charge in [0.05, 0.1) is 18.1 Å². The normalized spacial score (nSPS) is 16.8. The summed E-state index contributed by atoms with van der Waals surface area (Å²) in [6, 6.07) is 30.7. The molecule has 49 heavy (non-hydrogen) atoms. The van der Waals surface area contributed by atoms with Gasteiger partial charge in [0, 0.05) is 31.0 Å². The zero-order chi connectivity index (χ0) is 34.8. The molecule has 1 aliphatic rings. The number of benzene rings is 4. The van der Waals surface area contributed by atoms with Gasteiger partial charge in [-0.3, -0.25) is 4.79 Å². The Morgan fingerprint density at radius 1 is 0.898 bits per heavy atom. The fourth-order valence-corrected chi connectivity index (χ4v) is 6.72. The summed E-state index contributed by atoms with van der Waals surface area (Å²) < 4.78 is 41.1. The molecule has 5 rings (SSSR count). The molecule has 4 aromatic rings. The van der Waals surface area contributed by atoms with Crippen LogP contribution in [0.25, 0.3) is 0 Å². The first-order chi connectivity index (χ1) is 23.6. The number of alkyl carbamates (subject to hydrolysis) is 1. The van der Waals surface area contributed by atoms with Gasteiger partial charge in [0.15, 0.2) is 9.84 Å². The SMILES string of the molecule is COC(=O)NC(C(=O)Nc1ccccc1CC[C@@H]1CNC[C@@H](COc2ccc(S(C)(=O)=O)cc2C)O1)C(c1ccccc1)c1ccccc1. The highest BCUT2D eigenvalue weighted by Gasteiger charge is 2.33. The monoisotopic (exact) mass is 685 g/mol. The van der Waals surface area contributed by atoms with Crippen molar-refractivity contribution < 1.29 is 32.2 Å². The maximum absolute atomic E-state index is 14.1. The molecule has 10 nitrogen and oxygen atoms in total. The number of hydrogen-bond acceptors (Lipinski definition) is 8. The molecule has 1 heterocycles. The maximum Gasteiger partial charge on any atom is 0.407 e. The molecule has 0 aliphatic carbocycles. The second kappa shape index (κ2) is 16.6. The Balaban J connectivity index is 1.25. The molecule has 0 spiro atoms.